The van der Waals surface area contributed by atoms with E-state index in [1.54, 1.807) is 0 Å². The zero-order valence-electron chi connectivity index (χ0n) is 4.16. The van der Waals surface area contributed by atoms with E-state index in [-0.39, 0.29) is 0 Å². The van der Waals surface area contributed by atoms with Gasteiger partial charge in [-0.15, -0.1) is 0 Å². The Kier molecular flexibility index (Phi) is 1.48. The lowest BCUT2D eigenvalue weighted by Crippen LogP contribution is -2.23. The van der Waals surface area contributed by atoms with Crippen molar-refractivity contribution in [1.29, 1.82) is 0 Å². The highest BCUT2D eigenvalue weighted by Gasteiger charge is 2.24. The van der Waals surface area contributed by atoms with E-state index in [2.05, 4.69) is 8.37 Å². The van der Waals surface area contributed by atoms with Gasteiger partial charge in [0.05, 0.1) is 0 Å². The second kappa shape index (κ2) is 2.14. The summed E-state index contributed by atoms with van der Waals surface area (Å²) < 4.78 is 18.0. The number of carbonyl (C=O) groups excluding carboxylic acids is 2. The molecule has 0 aromatic heterocycles. The molecule has 1 rings (SSSR count). The van der Waals surface area contributed by atoms with Crippen molar-refractivity contribution in [2.45, 2.75) is 6.42 Å². The minimum atomic E-state index is -2.20. The zero-order chi connectivity index (χ0) is 6.85. The Morgan fingerprint density at radius 2 is 1.67 bits per heavy atom. The van der Waals surface area contributed by atoms with Crippen LogP contribution in [0.4, 0.5) is 0 Å². The maximum atomic E-state index is 10.2. The number of rotatable bonds is 0. The second-order valence-corrected chi connectivity index (χ2v) is 2.03. The maximum absolute atomic E-state index is 10.2. The predicted molar refractivity (Wildman–Crippen MR) is 24.9 cm³/mol. The van der Waals surface area contributed by atoms with Crippen LogP contribution in [0.15, 0.2) is 0 Å². The van der Waals surface area contributed by atoms with Crippen LogP contribution >= 0.6 is 0 Å². The first-order valence-electron chi connectivity index (χ1n) is 2.02. The van der Waals surface area contributed by atoms with E-state index in [0.717, 1.165) is 0 Å². The molecule has 0 spiro atoms. The molecule has 0 aromatic carbocycles. The van der Waals surface area contributed by atoms with Crippen LogP contribution in [0.3, 0.4) is 0 Å². The van der Waals surface area contributed by atoms with Gasteiger partial charge in [-0.25, -0.2) is 0 Å². The van der Waals surface area contributed by atoms with E-state index in [0.29, 0.717) is 0 Å². The van der Waals surface area contributed by atoms with Crippen molar-refractivity contribution in [3.63, 3.8) is 0 Å². The van der Waals surface area contributed by atoms with Crippen LogP contribution in [0.1, 0.15) is 6.42 Å². The van der Waals surface area contributed by atoms with E-state index in [4.69, 9.17) is 0 Å². The van der Waals surface area contributed by atoms with Gasteiger partial charge in [0.2, 0.25) is 0 Å². The zero-order valence-corrected chi connectivity index (χ0v) is 4.97. The third-order valence-electron chi connectivity index (χ3n) is 0.611. The Bertz CT molecular complexity index is 139. The molecule has 1 fully saturated rings. The first kappa shape index (κ1) is 6.21. The molecule has 5 nitrogen and oxygen atoms in total. The summed E-state index contributed by atoms with van der Waals surface area (Å²) >= 11 is -2.20. The first-order valence-corrected chi connectivity index (χ1v) is 3.02. The molecule has 1 aliphatic heterocycles. The summed E-state index contributed by atoms with van der Waals surface area (Å²) in [4.78, 5) is 20.3. The molecule has 0 aromatic rings. The van der Waals surface area contributed by atoms with Crippen molar-refractivity contribution in [1.82, 2.24) is 0 Å². The summed E-state index contributed by atoms with van der Waals surface area (Å²) in [5, 5.41) is 0. The summed E-state index contributed by atoms with van der Waals surface area (Å²) in [6, 6.07) is 0. The Morgan fingerprint density at radius 1 is 1.22 bits per heavy atom. The molecule has 0 amide bonds. The summed E-state index contributed by atoms with van der Waals surface area (Å²) in [6.45, 7) is 0. The third kappa shape index (κ3) is 1.49. The molecular formula is C3H2O5S. The van der Waals surface area contributed by atoms with Crippen molar-refractivity contribution in [2.75, 3.05) is 0 Å². The van der Waals surface area contributed by atoms with Gasteiger partial charge < -0.3 is 8.37 Å². The van der Waals surface area contributed by atoms with Gasteiger partial charge in [0.1, 0.15) is 6.42 Å². The fourth-order valence-corrected chi connectivity index (χ4v) is 0.801. The van der Waals surface area contributed by atoms with Gasteiger partial charge in [0.15, 0.2) is 0 Å². The lowest BCUT2D eigenvalue weighted by Gasteiger charge is -2.06. The highest BCUT2D eigenvalue weighted by atomic mass is 32.2. The van der Waals surface area contributed by atoms with Crippen LogP contribution in [0, 0.1) is 0 Å². The van der Waals surface area contributed by atoms with Crippen LogP contribution in [-0.4, -0.2) is 16.1 Å². The van der Waals surface area contributed by atoms with Gasteiger partial charge in [-0.2, -0.15) is 4.21 Å². The van der Waals surface area contributed by atoms with Crippen molar-refractivity contribution >= 4 is 23.3 Å². The summed E-state index contributed by atoms with van der Waals surface area (Å²) in [5.74, 6) is -1.63. The predicted octanol–water partition coefficient (Wildman–Crippen LogP) is -0.945. The number of carbonyl (C=O) groups is 2. The standard InChI is InChI=1S/C3H2O5S/c4-2-1-3(5)8-9(6)7-2/h1H2. The largest absolute Gasteiger partial charge is 0.422 e. The van der Waals surface area contributed by atoms with Crippen LogP contribution < -0.4 is 0 Å². The van der Waals surface area contributed by atoms with E-state index in [1.807, 2.05) is 0 Å². The molecular weight excluding hydrogens is 148 g/mol. The molecule has 1 saturated heterocycles. The fourth-order valence-electron chi connectivity index (χ4n) is 0.346. The molecule has 1 aliphatic rings. The van der Waals surface area contributed by atoms with Crippen LogP contribution in [-0.2, 0) is 29.3 Å². The monoisotopic (exact) mass is 150 g/mol. The van der Waals surface area contributed by atoms with Crippen molar-refractivity contribution in [3.05, 3.63) is 0 Å². The molecule has 0 radical (unpaired) electrons. The van der Waals surface area contributed by atoms with E-state index < -0.39 is 29.7 Å². The second-order valence-electron chi connectivity index (χ2n) is 1.29. The van der Waals surface area contributed by atoms with E-state index in [1.165, 1.54) is 0 Å². The average Bonchev–Trinajstić information content (AvgIpc) is 1.59. The Balaban J connectivity index is 2.64. The Labute approximate surface area is 52.8 Å². The van der Waals surface area contributed by atoms with Crippen LogP contribution in [0.2, 0.25) is 0 Å². The van der Waals surface area contributed by atoms with Gasteiger partial charge in [0.25, 0.3) is 0 Å². The van der Waals surface area contributed by atoms with Gasteiger partial charge in [-0.3, -0.25) is 9.59 Å². The summed E-state index contributed by atoms with van der Waals surface area (Å²) in [6.07, 6.45) is -0.453. The fraction of sp³-hybridized carbons (Fsp3) is 0.333. The molecule has 1 heterocycles. The molecule has 0 bridgehead atoms. The summed E-state index contributed by atoms with van der Waals surface area (Å²) in [7, 11) is 0. The molecule has 0 unspecified atom stereocenters. The highest BCUT2D eigenvalue weighted by molar-refractivity contribution is 7.76. The van der Waals surface area contributed by atoms with Crippen LogP contribution in [0.5, 0.6) is 0 Å². The molecule has 50 valence electrons. The third-order valence-corrected chi connectivity index (χ3v) is 1.25. The van der Waals surface area contributed by atoms with Gasteiger partial charge in [-0.1, -0.05) is 0 Å². The normalized spacial score (nSPS) is 20.9. The molecule has 0 atom stereocenters. The van der Waals surface area contributed by atoms with Crippen molar-refractivity contribution in [2.24, 2.45) is 0 Å². The minimum absolute atomic E-state index is 0.453. The van der Waals surface area contributed by atoms with Crippen molar-refractivity contribution < 1.29 is 22.2 Å². The Hall–Kier alpha value is -0.910. The molecule has 0 N–H and O–H groups in total. The number of hydrogen-bond donors (Lipinski definition) is 0. The lowest BCUT2D eigenvalue weighted by atomic mass is 10.5. The van der Waals surface area contributed by atoms with Gasteiger partial charge in [0, 0.05) is 0 Å². The van der Waals surface area contributed by atoms with E-state index >= 15 is 0 Å². The van der Waals surface area contributed by atoms with Crippen LogP contribution in [0.25, 0.3) is 0 Å². The smallest absolute Gasteiger partial charge is 0.334 e. The topological polar surface area (TPSA) is 69.7 Å². The lowest BCUT2D eigenvalue weighted by molar-refractivity contribution is -0.148. The van der Waals surface area contributed by atoms with Gasteiger partial charge in [-0.05, 0) is 0 Å². The minimum Gasteiger partial charge on any atom is -0.334 e. The molecule has 0 aliphatic carbocycles. The summed E-state index contributed by atoms with van der Waals surface area (Å²) in [5.41, 5.74) is 0. The SMILES string of the molecule is O=C1CC(=O)OS(=O)O1. The Morgan fingerprint density at radius 3 is 2.00 bits per heavy atom. The molecule has 6 heteroatoms. The first-order chi connectivity index (χ1) is 4.18. The highest BCUT2D eigenvalue weighted by Crippen LogP contribution is 2.03. The molecule has 9 heavy (non-hydrogen) atoms. The van der Waals surface area contributed by atoms with Gasteiger partial charge >= 0.3 is 23.3 Å². The molecule has 0 saturated carbocycles. The van der Waals surface area contributed by atoms with Crippen molar-refractivity contribution in [3.8, 4) is 0 Å². The number of hydrogen-bond acceptors (Lipinski definition) is 5. The average molecular weight is 150 g/mol. The maximum Gasteiger partial charge on any atom is 0.422 e. The van der Waals surface area contributed by atoms with E-state index in [9.17, 15) is 13.8 Å². The quantitative estimate of drug-likeness (QED) is 0.416.